The van der Waals surface area contributed by atoms with Crippen molar-refractivity contribution < 1.29 is 0 Å². The molecule has 1 aromatic rings. The van der Waals surface area contributed by atoms with E-state index in [0.717, 1.165) is 18.7 Å². The van der Waals surface area contributed by atoms with E-state index in [1.807, 2.05) is 0 Å². The van der Waals surface area contributed by atoms with Crippen LogP contribution in [0.1, 0.15) is 17.5 Å². The first-order valence-electron chi connectivity index (χ1n) is 4.05. The molecule has 0 aromatic heterocycles. The van der Waals surface area contributed by atoms with Crippen molar-refractivity contribution in [2.75, 3.05) is 5.88 Å². The van der Waals surface area contributed by atoms with Crippen molar-refractivity contribution in [3.63, 3.8) is 0 Å². The van der Waals surface area contributed by atoms with Gasteiger partial charge in [-0.05, 0) is 37.0 Å². The minimum atomic E-state index is 0.737. The summed E-state index contributed by atoms with van der Waals surface area (Å²) in [5, 5.41) is 0. The molecule has 0 radical (unpaired) electrons. The zero-order valence-corrected chi connectivity index (χ0v) is 9.45. The lowest BCUT2D eigenvalue weighted by molar-refractivity contribution is 0.914. The lowest BCUT2D eigenvalue weighted by Crippen LogP contribution is -1.91. The van der Waals surface area contributed by atoms with Gasteiger partial charge in [0.05, 0.1) is 0 Å². The number of aryl methyl sites for hydroxylation is 1. The van der Waals surface area contributed by atoms with Crippen molar-refractivity contribution in [3.05, 3.63) is 33.8 Å². The smallest absolute Gasteiger partial charge is 0.0226 e. The van der Waals surface area contributed by atoms with E-state index in [1.165, 1.54) is 15.6 Å². The number of hydrogen-bond donors (Lipinski definition) is 0. The summed E-state index contributed by atoms with van der Waals surface area (Å²) in [4.78, 5) is 0. The average molecular weight is 248 g/mol. The molecule has 0 N–H and O–H groups in total. The Balaban J connectivity index is 2.81. The number of alkyl halides is 1. The molecule has 1 aromatic carbocycles. The molecule has 0 heterocycles. The quantitative estimate of drug-likeness (QED) is 0.710. The van der Waals surface area contributed by atoms with Gasteiger partial charge in [-0.25, -0.2) is 0 Å². The second-order valence-electron chi connectivity index (χ2n) is 2.83. The third kappa shape index (κ3) is 2.49. The Kier molecular flexibility index (Phi) is 4.10. The fourth-order valence-corrected chi connectivity index (χ4v) is 2.02. The van der Waals surface area contributed by atoms with Gasteiger partial charge in [-0.1, -0.05) is 28.1 Å². The molecule has 12 heavy (non-hydrogen) atoms. The molecule has 0 amide bonds. The molecule has 0 nitrogen and oxygen atoms in total. The molecule has 0 atom stereocenters. The Labute approximate surface area is 87.1 Å². The van der Waals surface area contributed by atoms with Gasteiger partial charge in [-0.3, -0.25) is 0 Å². The normalized spacial score (nSPS) is 10.2. The van der Waals surface area contributed by atoms with E-state index >= 15 is 0 Å². The minimum absolute atomic E-state index is 0.737. The highest BCUT2D eigenvalue weighted by atomic mass is 79.9. The highest BCUT2D eigenvalue weighted by Crippen LogP contribution is 2.21. The molecule has 0 aliphatic carbocycles. The van der Waals surface area contributed by atoms with Crippen molar-refractivity contribution >= 4 is 27.5 Å². The molecular formula is C10H12BrCl. The molecule has 66 valence electrons. The summed E-state index contributed by atoms with van der Waals surface area (Å²) in [6, 6.07) is 6.27. The SMILES string of the molecule is Cc1cccc(Br)c1CCCCl. The lowest BCUT2D eigenvalue weighted by atomic mass is 10.0. The van der Waals surface area contributed by atoms with Crippen molar-refractivity contribution in [2.24, 2.45) is 0 Å². The topological polar surface area (TPSA) is 0 Å². The number of benzene rings is 1. The molecule has 0 fully saturated rings. The van der Waals surface area contributed by atoms with E-state index in [-0.39, 0.29) is 0 Å². The van der Waals surface area contributed by atoms with Crippen LogP contribution >= 0.6 is 27.5 Å². The van der Waals surface area contributed by atoms with Crippen LogP contribution in [0.3, 0.4) is 0 Å². The third-order valence-electron chi connectivity index (χ3n) is 1.91. The maximum absolute atomic E-state index is 5.64. The van der Waals surface area contributed by atoms with E-state index in [9.17, 15) is 0 Å². The number of halogens is 2. The fourth-order valence-electron chi connectivity index (χ4n) is 1.23. The number of hydrogen-bond acceptors (Lipinski definition) is 0. The highest BCUT2D eigenvalue weighted by Gasteiger charge is 2.01. The van der Waals surface area contributed by atoms with E-state index < -0.39 is 0 Å². The molecule has 0 aliphatic heterocycles. The van der Waals surface area contributed by atoms with Gasteiger partial charge in [0, 0.05) is 10.4 Å². The molecule has 0 aliphatic rings. The Morgan fingerprint density at radius 2 is 2.17 bits per heavy atom. The van der Waals surface area contributed by atoms with E-state index in [4.69, 9.17) is 11.6 Å². The van der Waals surface area contributed by atoms with Crippen LogP contribution in [0, 0.1) is 6.92 Å². The van der Waals surface area contributed by atoms with Crippen LogP contribution in [0.2, 0.25) is 0 Å². The van der Waals surface area contributed by atoms with Gasteiger partial charge in [0.25, 0.3) is 0 Å². The molecule has 0 unspecified atom stereocenters. The first-order valence-corrected chi connectivity index (χ1v) is 5.38. The van der Waals surface area contributed by atoms with Crippen molar-refractivity contribution in [1.29, 1.82) is 0 Å². The zero-order chi connectivity index (χ0) is 8.97. The molecule has 0 saturated carbocycles. The third-order valence-corrected chi connectivity index (χ3v) is 2.92. The maximum atomic E-state index is 5.64. The van der Waals surface area contributed by atoms with Crippen molar-refractivity contribution in [3.8, 4) is 0 Å². The second-order valence-corrected chi connectivity index (χ2v) is 4.06. The number of rotatable bonds is 3. The van der Waals surface area contributed by atoms with Crippen LogP contribution in [0.4, 0.5) is 0 Å². The molecule has 1 rings (SSSR count). The van der Waals surface area contributed by atoms with Gasteiger partial charge in [-0.15, -0.1) is 11.6 Å². The fraction of sp³-hybridized carbons (Fsp3) is 0.400. The molecular weight excluding hydrogens is 235 g/mol. The van der Waals surface area contributed by atoms with Gasteiger partial charge in [0.15, 0.2) is 0 Å². The summed E-state index contributed by atoms with van der Waals surface area (Å²) >= 11 is 9.17. The Hall–Kier alpha value is -0.0100. The van der Waals surface area contributed by atoms with Gasteiger partial charge < -0.3 is 0 Å². The second kappa shape index (κ2) is 4.88. The van der Waals surface area contributed by atoms with Gasteiger partial charge in [0.2, 0.25) is 0 Å². The lowest BCUT2D eigenvalue weighted by Gasteiger charge is -2.06. The van der Waals surface area contributed by atoms with E-state index in [2.05, 4.69) is 41.1 Å². The zero-order valence-electron chi connectivity index (χ0n) is 7.11. The minimum Gasteiger partial charge on any atom is -0.127 e. The van der Waals surface area contributed by atoms with Crippen LogP contribution in [-0.4, -0.2) is 5.88 Å². The summed E-state index contributed by atoms with van der Waals surface area (Å²) in [6.07, 6.45) is 2.11. The van der Waals surface area contributed by atoms with Crippen LogP contribution in [0.15, 0.2) is 22.7 Å². The van der Waals surface area contributed by atoms with Crippen LogP contribution < -0.4 is 0 Å². The van der Waals surface area contributed by atoms with Crippen molar-refractivity contribution in [2.45, 2.75) is 19.8 Å². The maximum Gasteiger partial charge on any atom is 0.0226 e. The summed E-state index contributed by atoms with van der Waals surface area (Å²) in [7, 11) is 0. The molecule has 0 bridgehead atoms. The van der Waals surface area contributed by atoms with Gasteiger partial charge in [-0.2, -0.15) is 0 Å². The molecule has 0 saturated heterocycles. The Morgan fingerprint density at radius 1 is 1.42 bits per heavy atom. The highest BCUT2D eigenvalue weighted by molar-refractivity contribution is 9.10. The first kappa shape index (κ1) is 10.1. The van der Waals surface area contributed by atoms with Crippen molar-refractivity contribution in [1.82, 2.24) is 0 Å². The Bertz CT molecular complexity index is 238. The van der Waals surface area contributed by atoms with Crippen LogP contribution in [0.25, 0.3) is 0 Å². The summed E-state index contributed by atoms with van der Waals surface area (Å²) in [6.45, 7) is 2.13. The van der Waals surface area contributed by atoms with Gasteiger partial charge >= 0.3 is 0 Å². The first-order chi connectivity index (χ1) is 5.75. The molecule has 0 spiro atoms. The predicted octanol–water partition coefficient (Wildman–Crippen LogP) is 3.93. The summed E-state index contributed by atoms with van der Waals surface area (Å²) in [5.74, 6) is 0.737. The van der Waals surface area contributed by atoms with Crippen LogP contribution in [0.5, 0.6) is 0 Å². The standard InChI is InChI=1S/C10H12BrCl/c1-8-4-2-6-10(11)9(8)5-3-7-12/h2,4,6H,3,5,7H2,1H3. The largest absolute Gasteiger partial charge is 0.127 e. The average Bonchev–Trinajstić information content (AvgIpc) is 2.04. The van der Waals surface area contributed by atoms with E-state index in [0.29, 0.717) is 0 Å². The predicted molar refractivity (Wildman–Crippen MR) is 57.9 cm³/mol. The monoisotopic (exact) mass is 246 g/mol. The Morgan fingerprint density at radius 3 is 2.75 bits per heavy atom. The molecule has 2 heteroatoms. The van der Waals surface area contributed by atoms with E-state index in [1.54, 1.807) is 0 Å². The summed E-state index contributed by atoms with van der Waals surface area (Å²) < 4.78 is 1.20. The summed E-state index contributed by atoms with van der Waals surface area (Å²) in [5.41, 5.74) is 2.73. The van der Waals surface area contributed by atoms with Gasteiger partial charge in [0.1, 0.15) is 0 Å². The van der Waals surface area contributed by atoms with Crippen LogP contribution in [-0.2, 0) is 6.42 Å².